The molecule has 4 N–H and O–H groups in total. The lowest BCUT2D eigenvalue weighted by atomic mass is 9.95. The Hall–Kier alpha value is -9.06. The fourth-order valence-electron chi connectivity index (χ4n) is 12.2. The van der Waals surface area contributed by atoms with E-state index in [4.69, 9.17) is 0 Å². The Morgan fingerprint density at radius 3 is 1.21 bits per heavy atom. The average molecular weight is 1340 g/mol. The fourth-order valence-corrected chi connectivity index (χ4v) is 12.2. The minimum absolute atomic E-state index is 0.0230. The third kappa shape index (κ3) is 16.5. The number of piperidine rings is 2. The number of carboxylic acid groups (broad SMARTS) is 2. The lowest BCUT2D eigenvalue weighted by Gasteiger charge is -2.38. The Kier molecular flexibility index (Phi) is 20.5. The molecule has 4 fully saturated rings. The molecule has 0 amide bonds. The van der Waals surface area contributed by atoms with Crippen LogP contribution in [0.1, 0.15) is 64.6 Å². The van der Waals surface area contributed by atoms with Gasteiger partial charge in [0.25, 0.3) is 5.69 Å². The molecule has 10 rings (SSSR count). The minimum atomic E-state index is -4.81. The number of hydrogen-bond donors (Lipinski definition) is 4. The van der Waals surface area contributed by atoms with E-state index in [0.717, 1.165) is 54.6 Å². The molecule has 31 heteroatoms. The van der Waals surface area contributed by atoms with E-state index in [0.29, 0.717) is 11.4 Å². The lowest BCUT2D eigenvalue weighted by molar-refractivity contribution is -0.384. The Balaban J connectivity index is 0.000000221. The molecule has 6 aromatic carbocycles. The highest BCUT2D eigenvalue weighted by atomic mass is 19.4. The van der Waals surface area contributed by atoms with E-state index in [1.807, 2.05) is 0 Å². The van der Waals surface area contributed by atoms with Gasteiger partial charge in [-0.2, -0.15) is 65.9 Å². The number of piperazine rings is 2. The largest absolute Gasteiger partial charge is 0.481 e. The van der Waals surface area contributed by atoms with Crippen LogP contribution in [0.25, 0.3) is 0 Å². The van der Waals surface area contributed by atoms with Crippen LogP contribution < -0.4 is 40.0 Å². The summed E-state index contributed by atoms with van der Waals surface area (Å²) in [4.78, 5) is 43.4. The molecule has 0 saturated carbocycles. The SMILES string of the molecule is O=C(O)C1CCN(c2c([N+](=O)[O-])ccc(F)c2CNc2ccc(N3CCN(c4cccc(C(F)(F)F)c4)CC3)c(C(F)(F)F)c2)CC1.O=C(O)C1CCN(c2cccc(C(F)(F)F)c2CNc2ccc(N3CCN(c4cccc(C(F)(F)F)c4)CC3)c(C(F)(F)F)c2)CC1. The molecule has 94 heavy (non-hydrogen) atoms. The standard InChI is InChI=1S/C32H31F9N4O2.C31H30F7N5O4/c33-30(34,35)21-3-1-4-23(17-21)43-13-15-45(16-14-43)28-8-7-22(18-26(28)32(39,40)41)42-19-24-25(31(36,37)38)5-2-6-27(24)44-11-9-20(10-12-44)29(46)47;32-25-5-7-27(43(46)47)28(42-10-8-19(9-11-42)29(44)45)23(25)18-39-21-4-6-26(24(17-21)31(36,37)38)41-14-12-40(13-15-41)22-3-1-2-20(16-22)30(33,34)35/h1-8,17-18,20,42H,9-16,19H2,(H,46,47);1-7,16-17,19,39H,8-15,18H2,(H,44,45). The highest BCUT2D eigenvalue weighted by Crippen LogP contribution is 2.44. The smallest absolute Gasteiger partial charge is 0.418 e. The first-order chi connectivity index (χ1) is 44.1. The number of carboxylic acids is 2. The third-order valence-electron chi connectivity index (χ3n) is 17.1. The Bertz CT molecular complexity index is 3680. The van der Waals surface area contributed by atoms with Crippen LogP contribution in [0.4, 0.5) is 121 Å². The van der Waals surface area contributed by atoms with Crippen molar-refractivity contribution < 1.29 is 95.0 Å². The second kappa shape index (κ2) is 27.9. The zero-order chi connectivity index (χ0) is 68.2. The van der Waals surface area contributed by atoms with E-state index in [-0.39, 0.29) is 149 Å². The highest BCUT2D eigenvalue weighted by molar-refractivity contribution is 5.74. The average Bonchev–Trinajstić information content (AvgIpc) is 0.807. The van der Waals surface area contributed by atoms with Crippen LogP contribution >= 0.6 is 0 Å². The molecule has 6 aromatic rings. The molecule has 4 saturated heterocycles. The highest BCUT2D eigenvalue weighted by Gasteiger charge is 2.41. The molecule has 506 valence electrons. The van der Waals surface area contributed by atoms with Crippen molar-refractivity contribution in [1.29, 1.82) is 0 Å². The number of aliphatic carboxylic acids is 2. The molecule has 0 atom stereocenters. The van der Waals surface area contributed by atoms with Crippen molar-refractivity contribution in [2.24, 2.45) is 11.8 Å². The summed E-state index contributed by atoms with van der Waals surface area (Å²) in [6.07, 6.45) is -22.6. The summed E-state index contributed by atoms with van der Waals surface area (Å²) in [6, 6.07) is 21.9. The first-order valence-electron chi connectivity index (χ1n) is 29.5. The van der Waals surface area contributed by atoms with Gasteiger partial charge >= 0.3 is 42.8 Å². The van der Waals surface area contributed by atoms with Gasteiger partial charge in [0.05, 0.1) is 44.6 Å². The van der Waals surface area contributed by atoms with Gasteiger partial charge in [0, 0.05) is 149 Å². The third-order valence-corrected chi connectivity index (χ3v) is 17.1. The number of halogens is 16. The summed E-state index contributed by atoms with van der Waals surface area (Å²) in [5.74, 6) is -4.05. The summed E-state index contributed by atoms with van der Waals surface area (Å²) < 4.78 is 222. The topological polar surface area (TPSA) is 161 Å². The Morgan fingerprint density at radius 1 is 0.436 bits per heavy atom. The normalized spacial score (nSPS) is 16.6. The molecule has 0 aliphatic carbocycles. The number of nitro benzene ring substituents is 1. The van der Waals surface area contributed by atoms with E-state index in [2.05, 4.69) is 10.6 Å². The summed E-state index contributed by atoms with van der Waals surface area (Å²) in [5.41, 5.74) is -4.88. The van der Waals surface area contributed by atoms with Gasteiger partial charge in [0.1, 0.15) is 11.5 Å². The van der Waals surface area contributed by atoms with E-state index in [1.165, 1.54) is 75.4 Å². The molecule has 0 radical (unpaired) electrons. The monoisotopic (exact) mass is 1340 g/mol. The summed E-state index contributed by atoms with van der Waals surface area (Å²) >= 11 is 0. The lowest BCUT2D eigenvalue weighted by Crippen LogP contribution is -2.47. The summed E-state index contributed by atoms with van der Waals surface area (Å²) in [6.45, 7) is 0.875. The number of rotatable bonds is 15. The molecular formula is C63H61F16N9O6. The van der Waals surface area contributed by atoms with E-state index in [1.54, 1.807) is 14.7 Å². The molecule has 0 spiro atoms. The van der Waals surface area contributed by atoms with Crippen molar-refractivity contribution in [3.8, 4) is 0 Å². The fraction of sp³-hybridized carbons (Fsp3) is 0.397. The predicted molar refractivity (Wildman–Crippen MR) is 319 cm³/mol. The van der Waals surface area contributed by atoms with Crippen LogP contribution in [0.5, 0.6) is 0 Å². The maximum Gasteiger partial charge on any atom is 0.418 e. The second-order valence-corrected chi connectivity index (χ2v) is 22.9. The summed E-state index contributed by atoms with van der Waals surface area (Å²) in [7, 11) is 0. The van der Waals surface area contributed by atoms with Crippen LogP contribution in [0.15, 0.2) is 115 Å². The summed E-state index contributed by atoms with van der Waals surface area (Å²) in [5, 5.41) is 35.9. The van der Waals surface area contributed by atoms with Gasteiger partial charge < -0.3 is 50.2 Å². The van der Waals surface area contributed by atoms with Gasteiger partial charge in [-0.3, -0.25) is 19.7 Å². The maximum atomic E-state index is 15.1. The van der Waals surface area contributed by atoms with Gasteiger partial charge in [-0.25, -0.2) is 4.39 Å². The molecule has 4 aliphatic heterocycles. The van der Waals surface area contributed by atoms with Crippen molar-refractivity contribution in [3.63, 3.8) is 0 Å². The van der Waals surface area contributed by atoms with E-state index < -0.39 is 112 Å². The molecule has 4 heterocycles. The van der Waals surface area contributed by atoms with Gasteiger partial charge in [0.15, 0.2) is 0 Å². The molecule has 0 unspecified atom stereocenters. The molecule has 15 nitrogen and oxygen atoms in total. The number of nitrogens with zero attached hydrogens (tertiary/aromatic N) is 7. The van der Waals surface area contributed by atoms with Crippen LogP contribution in [0.3, 0.4) is 0 Å². The van der Waals surface area contributed by atoms with Crippen molar-refractivity contribution >= 4 is 63.1 Å². The Morgan fingerprint density at radius 2 is 0.819 bits per heavy atom. The van der Waals surface area contributed by atoms with E-state index >= 15 is 4.39 Å². The zero-order valence-corrected chi connectivity index (χ0v) is 49.6. The second-order valence-electron chi connectivity index (χ2n) is 22.9. The van der Waals surface area contributed by atoms with Crippen molar-refractivity contribution in [3.05, 3.63) is 170 Å². The number of alkyl halides is 15. The quantitative estimate of drug-likeness (QED) is 0.0437. The van der Waals surface area contributed by atoms with Gasteiger partial charge in [-0.05, 0) is 117 Å². The van der Waals surface area contributed by atoms with Crippen LogP contribution in [0.2, 0.25) is 0 Å². The molecule has 4 aliphatic rings. The van der Waals surface area contributed by atoms with Crippen molar-refractivity contribution in [1.82, 2.24) is 0 Å². The number of nitrogens with one attached hydrogen (secondary N) is 2. The zero-order valence-electron chi connectivity index (χ0n) is 49.6. The van der Waals surface area contributed by atoms with E-state index in [9.17, 15) is 95.8 Å². The number of nitro groups is 1. The first-order valence-corrected chi connectivity index (χ1v) is 29.5. The van der Waals surface area contributed by atoms with Gasteiger partial charge in [-0.15, -0.1) is 0 Å². The van der Waals surface area contributed by atoms with Crippen LogP contribution in [-0.4, -0.2) is 106 Å². The van der Waals surface area contributed by atoms with Crippen molar-refractivity contribution in [2.45, 2.75) is 69.7 Å². The maximum absolute atomic E-state index is 15.1. The number of benzene rings is 6. The number of carbonyl (C=O) groups is 2. The van der Waals surface area contributed by atoms with Gasteiger partial charge in [-0.1, -0.05) is 18.2 Å². The van der Waals surface area contributed by atoms with Gasteiger partial charge in [0.2, 0.25) is 0 Å². The number of anilines is 8. The Labute approximate surface area is 526 Å². The molecule has 0 aromatic heterocycles. The minimum Gasteiger partial charge on any atom is -0.481 e. The molecular weight excluding hydrogens is 1280 g/mol. The van der Waals surface area contributed by atoms with Crippen LogP contribution in [0, 0.1) is 27.8 Å². The van der Waals surface area contributed by atoms with Crippen LogP contribution in [-0.2, 0) is 53.6 Å². The molecule has 0 bridgehead atoms. The number of hydrogen-bond acceptors (Lipinski definition) is 12. The first kappa shape index (κ1) is 69.3. The predicted octanol–water partition coefficient (Wildman–Crippen LogP) is 15.0. The van der Waals surface area contributed by atoms with Crippen molar-refractivity contribution in [2.75, 3.05) is 119 Å².